The third kappa shape index (κ3) is 4.75. The molecule has 4 nitrogen and oxygen atoms in total. The zero-order valence-electron chi connectivity index (χ0n) is 16.9. The highest BCUT2D eigenvalue weighted by atomic mass is 19.4. The molecule has 4 rings (SSSR count). The van der Waals surface area contributed by atoms with Crippen LogP contribution in [0.25, 0.3) is 0 Å². The van der Waals surface area contributed by atoms with Crippen molar-refractivity contribution < 1.29 is 27.5 Å². The van der Waals surface area contributed by atoms with Crippen molar-refractivity contribution in [2.24, 2.45) is 0 Å². The van der Waals surface area contributed by atoms with E-state index in [0.717, 1.165) is 40.9 Å². The van der Waals surface area contributed by atoms with Crippen LogP contribution < -0.4 is 5.32 Å². The molecule has 166 valence electrons. The first kappa shape index (κ1) is 21.8. The Bertz CT molecular complexity index is 977. The molecule has 0 saturated carbocycles. The number of aryl methyl sites for hydroxylation is 1. The lowest BCUT2D eigenvalue weighted by molar-refractivity contribution is -0.186. The molecule has 1 amide bonds. The van der Waals surface area contributed by atoms with Crippen molar-refractivity contribution in [1.29, 1.82) is 0 Å². The van der Waals surface area contributed by atoms with Gasteiger partial charge in [0.15, 0.2) is 0 Å². The molecule has 0 radical (unpaired) electrons. The summed E-state index contributed by atoms with van der Waals surface area (Å²) >= 11 is 0. The highest BCUT2D eigenvalue weighted by molar-refractivity contribution is 5.82. The summed E-state index contributed by atoms with van der Waals surface area (Å²) in [4.78, 5) is 12.4. The number of fused-ring (bicyclic) bond motifs is 2. The maximum atomic E-state index is 13.7. The lowest BCUT2D eigenvalue weighted by atomic mass is 9.87. The Hall–Kier alpha value is -2.45. The fourth-order valence-electron chi connectivity index (χ4n) is 4.49. The van der Waals surface area contributed by atoms with E-state index < -0.39 is 18.2 Å². The van der Waals surface area contributed by atoms with Crippen LogP contribution in [0.1, 0.15) is 52.8 Å². The number of aliphatic hydroxyl groups is 1. The molecule has 2 aliphatic rings. The molecule has 1 heterocycles. The zero-order valence-corrected chi connectivity index (χ0v) is 16.9. The highest BCUT2D eigenvalue weighted by Crippen LogP contribution is 2.31. The molecule has 1 aliphatic heterocycles. The molecule has 0 spiro atoms. The van der Waals surface area contributed by atoms with Gasteiger partial charge in [-0.3, -0.25) is 4.79 Å². The Balaban J connectivity index is 1.43. The van der Waals surface area contributed by atoms with Gasteiger partial charge in [-0.1, -0.05) is 24.3 Å². The lowest BCUT2D eigenvalue weighted by Crippen LogP contribution is -2.43. The first-order valence-electron chi connectivity index (χ1n) is 10.4. The van der Waals surface area contributed by atoms with Crippen molar-refractivity contribution in [2.45, 2.75) is 50.6 Å². The number of nitrogens with zero attached hydrogens (tertiary/aromatic N) is 1. The van der Waals surface area contributed by atoms with Gasteiger partial charge in [-0.15, -0.1) is 0 Å². The topological polar surface area (TPSA) is 52.6 Å². The van der Waals surface area contributed by atoms with Gasteiger partial charge in [-0.05, 0) is 65.6 Å². The number of alkyl halides is 3. The van der Waals surface area contributed by atoms with Gasteiger partial charge < -0.3 is 15.3 Å². The molecule has 0 aromatic heterocycles. The van der Waals surface area contributed by atoms with Crippen molar-refractivity contribution in [3.05, 3.63) is 70.0 Å². The standard InChI is InChI=1S/C23H24F4N2O2/c24-18-7-6-15-2-1-3-20(19(15)11-18)28-12-21(30)16-5-4-14-8-9-29(13-17(14)10-16)22(31)23(25,26)27/h4-7,10-11,20-21,28,30H,1-3,8-9,12-13H2. The number of aliphatic hydroxyl groups excluding tert-OH is 1. The maximum Gasteiger partial charge on any atom is 0.471 e. The van der Waals surface area contributed by atoms with Crippen LogP contribution >= 0.6 is 0 Å². The predicted molar refractivity (Wildman–Crippen MR) is 107 cm³/mol. The molecule has 2 aromatic carbocycles. The second-order valence-corrected chi connectivity index (χ2v) is 8.21. The van der Waals surface area contributed by atoms with E-state index in [2.05, 4.69) is 5.32 Å². The summed E-state index contributed by atoms with van der Waals surface area (Å²) in [5, 5.41) is 14.0. The fourth-order valence-corrected chi connectivity index (χ4v) is 4.49. The molecule has 0 fully saturated rings. The van der Waals surface area contributed by atoms with E-state index in [4.69, 9.17) is 0 Å². The van der Waals surface area contributed by atoms with Crippen LogP contribution in [0.5, 0.6) is 0 Å². The minimum absolute atomic E-state index is 0.0203. The molecule has 0 bridgehead atoms. The Morgan fingerprint density at radius 2 is 1.90 bits per heavy atom. The van der Waals surface area contributed by atoms with Gasteiger partial charge in [0.05, 0.1) is 6.10 Å². The summed E-state index contributed by atoms with van der Waals surface area (Å²) in [6.07, 6.45) is -2.73. The van der Waals surface area contributed by atoms with E-state index in [1.165, 1.54) is 12.1 Å². The van der Waals surface area contributed by atoms with Crippen molar-refractivity contribution in [3.63, 3.8) is 0 Å². The van der Waals surface area contributed by atoms with Gasteiger partial charge in [-0.2, -0.15) is 13.2 Å². The molecule has 2 aromatic rings. The average Bonchev–Trinajstić information content (AvgIpc) is 2.75. The van der Waals surface area contributed by atoms with Gasteiger partial charge in [0, 0.05) is 25.7 Å². The predicted octanol–water partition coefficient (Wildman–Crippen LogP) is 3.97. The number of hydrogen-bond donors (Lipinski definition) is 2. The van der Waals surface area contributed by atoms with Gasteiger partial charge in [0.25, 0.3) is 0 Å². The molecule has 2 atom stereocenters. The number of carbonyl (C=O) groups is 1. The van der Waals surface area contributed by atoms with E-state index in [1.54, 1.807) is 24.3 Å². The van der Waals surface area contributed by atoms with Crippen LogP contribution in [0.15, 0.2) is 36.4 Å². The Labute approximate surface area is 177 Å². The van der Waals surface area contributed by atoms with Crippen LogP contribution in [0.2, 0.25) is 0 Å². The minimum Gasteiger partial charge on any atom is -0.387 e. The summed E-state index contributed by atoms with van der Waals surface area (Å²) in [6.45, 7) is 0.119. The molecule has 2 N–H and O–H groups in total. The second-order valence-electron chi connectivity index (χ2n) is 8.21. The smallest absolute Gasteiger partial charge is 0.387 e. The molecule has 8 heteroatoms. The van der Waals surface area contributed by atoms with Gasteiger partial charge >= 0.3 is 12.1 Å². The first-order chi connectivity index (χ1) is 14.7. The number of rotatable bonds is 4. The van der Waals surface area contributed by atoms with Gasteiger partial charge in [0.2, 0.25) is 0 Å². The number of benzene rings is 2. The van der Waals surface area contributed by atoms with E-state index in [0.29, 0.717) is 17.5 Å². The number of amides is 1. The monoisotopic (exact) mass is 436 g/mol. The van der Waals surface area contributed by atoms with E-state index in [1.807, 2.05) is 0 Å². The summed E-state index contributed by atoms with van der Waals surface area (Å²) in [5.41, 5.74) is 4.08. The molecular weight excluding hydrogens is 412 g/mol. The van der Waals surface area contributed by atoms with E-state index >= 15 is 0 Å². The van der Waals surface area contributed by atoms with Crippen molar-refractivity contribution in [1.82, 2.24) is 10.2 Å². The molecular formula is C23H24F4N2O2. The third-order valence-corrected chi connectivity index (χ3v) is 6.14. The minimum atomic E-state index is -4.89. The van der Waals surface area contributed by atoms with E-state index in [-0.39, 0.29) is 31.5 Å². The third-order valence-electron chi connectivity index (χ3n) is 6.14. The van der Waals surface area contributed by atoms with Crippen molar-refractivity contribution >= 4 is 5.91 Å². The Morgan fingerprint density at radius 3 is 2.68 bits per heavy atom. The fraction of sp³-hybridized carbons (Fsp3) is 0.435. The maximum absolute atomic E-state index is 13.7. The summed E-state index contributed by atoms with van der Waals surface area (Å²) in [7, 11) is 0. The summed E-state index contributed by atoms with van der Waals surface area (Å²) in [5.74, 6) is -2.13. The normalized spacial score (nSPS) is 19.5. The molecule has 1 aliphatic carbocycles. The van der Waals surface area contributed by atoms with Crippen molar-refractivity contribution in [3.8, 4) is 0 Å². The number of halogens is 4. The highest BCUT2D eigenvalue weighted by Gasteiger charge is 2.43. The Kier molecular flexibility index (Phi) is 6.03. The molecule has 31 heavy (non-hydrogen) atoms. The molecule has 2 unspecified atom stereocenters. The Morgan fingerprint density at radius 1 is 1.13 bits per heavy atom. The zero-order chi connectivity index (χ0) is 22.2. The molecule has 0 saturated heterocycles. The number of nitrogens with one attached hydrogen (secondary N) is 1. The largest absolute Gasteiger partial charge is 0.471 e. The summed E-state index contributed by atoms with van der Waals surface area (Å²) < 4.78 is 52.0. The quantitative estimate of drug-likeness (QED) is 0.714. The second kappa shape index (κ2) is 8.59. The van der Waals surface area contributed by atoms with Gasteiger partial charge in [-0.25, -0.2) is 4.39 Å². The average molecular weight is 436 g/mol. The number of carbonyl (C=O) groups excluding carboxylic acids is 1. The van der Waals surface area contributed by atoms with Crippen LogP contribution in [0.4, 0.5) is 17.6 Å². The van der Waals surface area contributed by atoms with Crippen LogP contribution in [-0.2, 0) is 24.2 Å². The van der Waals surface area contributed by atoms with Gasteiger partial charge in [0.1, 0.15) is 5.82 Å². The summed E-state index contributed by atoms with van der Waals surface area (Å²) in [6, 6.07) is 9.96. The first-order valence-corrected chi connectivity index (χ1v) is 10.4. The lowest BCUT2D eigenvalue weighted by Gasteiger charge is -2.30. The van der Waals surface area contributed by atoms with E-state index in [9.17, 15) is 27.5 Å². The van der Waals surface area contributed by atoms with Crippen LogP contribution in [0.3, 0.4) is 0 Å². The van der Waals surface area contributed by atoms with Crippen LogP contribution in [-0.4, -0.2) is 35.2 Å². The number of hydrogen-bond acceptors (Lipinski definition) is 3. The SMILES string of the molecule is O=C(N1CCc2ccc(C(O)CNC3CCCc4ccc(F)cc43)cc2C1)C(F)(F)F. The van der Waals surface area contributed by atoms with Crippen LogP contribution in [0, 0.1) is 5.82 Å². The van der Waals surface area contributed by atoms with Crippen molar-refractivity contribution in [2.75, 3.05) is 13.1 Å².